The van der Waals surface area contributed by atoms with Crippen LogP contribution in [0, 0.1) is 5.82 Å². The Balaban J connectivity index is 1.64. The third-order valence-corrected chi connectivity index (χ3v) is 5.38. The molecule has 0 radical (unpaired) electrons. The summed E-state index contributed by atoms with van der Waals surface area (Å²) in [5, 5.41) is 12.0. The minimum absolute atomic E-state index is 0.265. The van der Waals surface area contributed by atoms with Gasteiger partial charge in [0.2, 0.25) is 0 Å². The highest BCUT2D eigenvalue weighted by atomic mass is 32.2. The molecule has 134 valence electrons. The molecule has 0 spiro atoms. The van der Waals surface area contributed by atoms with Gasteiger partial charge in [0.25, 0.3) is 0 Å². The lowest BCUT2D eigenvalue weighted by Crippen LogP contribution is -2.00. The van der Waals surface area contributed by atoms with E-state index in [9.17, 15) is 4.39 Å². The minimum Gasteiger partial charge on any atom is -0.298 e. The first kappa shape index (κ1) is 17.5. The van der Waals surface area contributed by atoms with Crippen LogP contribution in [0.25, 0.3) is 22.2 Å². The topological polar surface area (TPSA) is 30.7 Å². The molecule has 0 bridgehead atoms. The first-order valence-electron chi connectivity index (χ1n) is 8.66. The SMILES string of the molecule is C=CCn1c(SCc2cccc3ccccc23)nnc1-c1ccc(F)cc1. The molecule has 3 nitrogen and oxygen atoms in total. The predicted molar refractivity (Wildman–Crippen MR) is 109 cm³/mol. The molecular weight excluding hydrogens is 357 g/mol. The van der Waals surface area contributed by atoms with Crippen LogP contribution < -0.4 is 0 Å². The summed E-state index contributed by atoms with van der Waals surface area (Å²) >= 11 is 1.64. The summed E-state index contributed by atoms with van der Waals surface area (Å²) in [4.78, 5) is 0. The maximum atomic E-state index is 13.2. The molecule has 1 aromatic heterocycles. The summed E-state index contributed by atoms with van der Waals surface area (Å²) < 4.78 is 15.2. The lowest BCUT2D eigenvalue weighted by atomic mass is 10.1. The predicted octanol–water partition coefficient (Wildman–Crippen LogP) is 5.72. The number of hydrogen-bond acceptors (Lipinski definition) is 3. The minimum atomic E-state index is -0.265. The van der Waals surface area contributed by atoms with Crippen molar-refractivity contribution in [1.82, 2.24) is 14.8 Å². The molecule has 0 aliphatic rings. The van der Waals surface area contributed by atoms with Gasteiger partial charge >= 0.3 is 0 Å². The van der Waals surface area contributed by atoms with Crippen LogP contribution in [0.3, 0.4) is 0 Å². The Morgan fingerprint density at radius 3 is 2.56 bits per heavy atom. The van der Waals surface area contributed by atoms with Crippen LogP contribution in [0.1, 0.15) is 5.56 Å². The van der Waals surface area contributed by atoms with Crippen LogP contribution in [0.4, 0.5) is 4.39 Å². The van der Waals surface area contributed by atoms with E-state index in [2.05, 4.69) is 59.2 Å². The maximum absolute atomic E-state index is 13.2. The molecule has 5 heteroatoms. The number of allylic oxidation sites excluding steroid dienone is 1. The maximum Gasteiger partial charge on any atom is 0.192 e. The number of benzene rings is 3. The smallest absolute Gasteiger partial charge is 0.192 e. The van der Waals surface area contributed by atoms with Gasteiger partial charge in [0, 0.05) is 17.9 Å². The molecule has 0 saturated carbocycles. The van der Waals surface area contributed by atoms with E-state index in [4.69, 9.17) is 0 Å². The lowest BCUT2D eigenvalue weighted by molar-refractivity contribution is 0.628. The van der Waals surface area contributed by atoms with Gasteiger partial charge in [-0.1, -0.05) is 60.3 Å². The van der Waals surface area contributed by atoms with Crippen molar-refractivity contribution in [2.45, 2.75) is 17.5 Å². The van der Waals surface area contributed by atoms with E-state index in [0.717, 1.165) is 22.3 Å². The van der Waals surface area contributed by atoms with Gasteiger partial charge in [-0.25, -0.2) is 4.39 Å². The van der Waals surface area contributed by atoms with Crippen molar-refractivity contribution >= 4 is 22.5 Å². The van der Waals surface area contributed by atoms with E-state index in [-0.39, 0.29) is 5.82 Å². The van der Waals surface area contributed by atoms with Crippen LogP contribution in [-0.2, 0) is 12.3 Å². The quantitative estimate of drug-likeness (QED) is 0.319. The van der Waals surface area contributed by atoms with Crippen LogP contribution in [0.2, 0.25) is 0 Å². The number of thioether (sulfide) groups is 1. The number of fused-ring (bicyclic) bond motifs is 1. The Bertz CT molecular complexity index is 1080. The fraction of sp³-hybridized carbons (Fsp3) is 0.0909. The largest absolute Gasteiger partial charge is 0.298 e. The molecule has 0 amide bonds. The van der Waals surface area contributed by atoms with E-state index in [1.807, 2.05) is 10.6 Å². The molecule has 0 aliphatic heterocycles. The zero-order valence-electron chi connectivity index (χ0n) is 14.7. The van der Waals surface area contributed by atoms with Crippen LogP contribution in [0.5, 0.6) is 0 Å². The van der Waals surface area contributed by atoms with E-state index in [1.54, 1.807) is 23.9 Å². The third-order valence-electron chi connectivity index (χ3n) is 4.37. The molecule has 0 atom stereocenters. The van der Waals surface area contributed by atoms with Crippen molar-refractivity contribution < 1.29 is 4.39 Å². The number of hydrogen-bond donors (Lipinski definition) is 0. The number of nitrogens with zero attached hydrogens (tertiary/aromatic N) is 3. The second-order valence-electron chi connectivity index (χ2n) is 6.14. The normalized spacial score (nSPS) is 11.0. The lowest BCUT2D eigenvalue weighted by Gasteiger charge is -2.09. The second kappa shape index (κ2) is 7.76. The van der Waals surface area contributed by atoms with Gasteiger partial charge in [0.15, 0.2) is 11.0 Å². The van der Waals surface area contributed by atoms with Gasteiger partial charge < -0.3 is 0 Å². The molecule has 0 unspecified atom stereocenters. The average Bonchev–Trinajstić information content (AvgIpc) is 3.10. The molecule has 1 heterocycles. The molecule has 0 saturated heterocycles. The molecule has 0 aliphatic carbocycles. The zero-order chi connectivity index (χ0) is 18.6. The Morgan fingerprint density at radius 2 is 1.74 bits per heavy atom. The summed E-state index contributed by atoms with van der Waals surface area (Å²) in [5.74, 6) is 1.24. The van der Waals surface area contributed by atoms with E-state index < -0.39 is 0 Å². The molecule has 27 heavy (non-hydrogen) atoms. The fourth-order valence-corrected chi connectivity index (χ4v) is 4.01. The van der Waals surface area contributed by atoms with Gasteiger partial charge in [0.05, 0.1) is 0 Å². The summed E-state index contributed by atoms with van der Waals surface area (Å²) in [7, 11) is 0. The molecule has 0 N–H and O–H groups in total. The average molecular weight is 375 g/mol. The van der Waals surface area contributed by atoms with E-state index in [0.29, 0.717) is 6.54 Å². The van der Waals surface area contributed by atoms with Gasteiger partial charge in [-0.15, -0.1) is 16.8 Å². The Morgan fingerprint density at radius 1 is 0.963 bits per heavy atom. The Labute approximate surface area is 161 Å². The monoisotopic (exact) mass is 375 g/mol. The van der Waals surface area contributed by atoms with Crippen molar-refractivity contribution in [3.8, 4) is 11.4 Å². The molecular formula is C22H18FN3S. The van der Waals surface area contributed by atoms with Crippen LogP contribution in [-0.4, -0.2) is 14.8 Å². The van der Waals surface area contributed by atoms with Gasteiger partial charge in [-0.05, 0) is 40.6 Å². The fourth-order valence-electron chi connectivity index (χ4n) is 3.06. The van der Waals surface area contributed by atoms with Crippen molar-refractivity contribution in [3.05, 3.63) is 90.8 Å². The van der Waals surface area contributed by atoms with Crippen LogP contribution in [0.15, 0.2) is 84.5 Å². The molecule has 3 aromatic carbocycles. The summed E-state index contributed by atoms with van der Waals surface area (Å²) in [5.41, 5.74) is 2.09. The second-order valence-corrected chi connectivity index (χ2v) is 7.08. The molecule has 4 rings (SSSR count). The highest BCUT2D eigenvalue weighted by Crippen LogP contribution is 2.29. The van der Waals surface area contributed by atoms with Crippen molar-refractivity contribution in [1.29, 1.82) is 0 Å². The number of aromatic nitrogens is 3. The first-order chi connectivity index (χ1) is 13.3. The van der Waals surface area contributed by atoms with Crippen LogP contribution >= 0.6 is 11.8 Å². The molecule has 0 fully saturated rings. The van der Waals surface area contributed by atoms with E-state index in [1.165, 1.54) is 28.5 Å². The zero-order valence-corrected chi connectivity index (χ0v) is 15.5. The van der Waals surface area contributed by atoms with Gasteiger partial charge in [-0.3, -0.25) is 4.57 Å². The first-order valence-corrected chi connectivity index (χ1v) is 9.64. The van der Waals surface area contributed by atoms with Gasteiger partial charge in [0.1, 0.15) is 5.82 Å². The van der Waals surface area contributed by atoms with Crippen molar-refractivity contribution in [3.63, 3.8) is 0 Å². The summed E-state index contributed by atoms with van der Waals surface area (Å²) in [6, 6.07) is 21.0. The standard InChI is InChI=1S/C22H18FN3S/c1-2-14-26-21(17-10-12-19(23)13-11-17)24-25-22(26)27-15-18-8-5-7-16-6-3-4-9-20(16)18/h2-13H,1,14-15H2. The Hall–Kier alpha value is -2.92. The summed E-state index contributed by atoms with van der Waals surface area (Å²) in [6.07, 6.45) is 1.82. The third kappa shape index (κ3) is 3.64. The molecule has 4 aromatic rings. The summed E-state index contributed by atoms with van der Waals surface area (Å²) in [6.45, 7) is 4.43. The Kier molecular flexibility index (Phi) is 5.03. The van der Waals surface area contributed by atoms with Gasteiger partial charge in [-0.2, -0.15) is 0 Å². The number of rotatable bonds is 6. The van der Waals surface area contributed by atoms with Crippen molar-refractivity contribution in [2.24, 2.45) is 0 Å². The van der Waals surface area contributed by atoms with E-state index >= 15 is 0 Å². The van der Waals surface area contributed by atoms with Crippen molar-refractivity contribution in [2.75, 3.05) is 0 Å². The highest BCUT2D eigenvalue weighted by Gasteiger charge is 2.14. The number of halogens is 1. The highest BCUT2D eigenvalue weighted by molar-refractivity contribution is 7.98.